The molecule has 0 aromatic heterocycles. The van der Waals surface area contributed by atoms with Gasteiger partial charge >= 0.3 is 0 Å². The van der Waals surface area contributed by atoms with E-state index in [4.69, 9.17) is 26.8 Å². The van der Waals surface area contributed by atoms with Gasteiger partial charge in [0.2, 0.25) is 6.41 Å². The summed E-state index contributed by atoms with van der Waals surface area (Å²) in [4.78, 5) is 41.5. The third-order valence-electron chi connectivity index (χ3n) is 5.64. The normalized spacial score (nSPS) is 11.4. The Morgan fingerprint density at radius 3 is 2.11 bits per heavy atom. The molecular formula is C32H55N7O5. The van der Waals surface area contributed by atoms with E-state index in [0.717, 1.165) is 38.9 Å². The van der Waals surface area contributed by atoms with Crippen molar-refractivity contribution < 1.29 is 24.3 Å². The lowest BCUT2D eigenvalue weighted by atomic mass is 10.1. The minimum Gasteiger partial charge on any atom is -0.508 e. The molecule has 12 heteroatoms. The van der Waals surface area contributed by atoms with Gasteiger partial charge in [-0.05, 0) is 56.0 Å². The second-order valence-electron chi connectivity index (χ2n) is 10.4. The Morgan fingerprint density at radius 1 is 1.02 bits per heavy atom. The van der Waals surface area contributed by atoms with Crippen molar-refractivity contribution >= 4 is 25.4 Å². The zero-order chi connectivity index (χ0) is 33.8. The summed E-state index contributed by atoms with van der Waals surface area (Å²) in [7, 11) is 1.95. The summed E-state index contributed by atoms with van der Waals surface area (Å²) in [5.74, 6) is 1.04. The number of phenolic OH excluding ortho intramolecular Hbond substituents is 1. The van der Waals surface area contributed by atoms with E-state index in [1.807, 2.05) is 51.1 Å². The average molecular weight is 618 g/mol. The summed E-state index contributed by atoms with van der Waals surface area (Å²) in [6, 6.07) is 17.6. The predicted molar refractivity (Wildman–Crippen MR) is 178 cm³/mol. The first kappa shape index (κ1) is 42.3. The molecule has 0 radical (unpaired) electrons. The fraction of sp³-hybridized carbons (Fsp3) is 0.500. The number of hydrogen-bond donors (Lipinski definition) is 5. The van der Waals surface area contributed by atoms with Crippen LogP contribution in [-0.4, -0.2) is 92.4 Å². The Hall–Kier alpha value is -3.84. The molecular weight excluding hydrogens is 562 g/mol. The van der Waals surface area contributed by atoms with Gasteiger partial charge in [0.05, 0.1) is 18.8 Å². The van der Waals surface area contributed by atoms with Crippen molar-refractivity contribution in [2.75, 3.05) is 39.8 Å². The number of phenols is 1. The van der Waals surface area contributed by atoms with Gasteiger partial charge in [-0.25, -0.2) is 5.48 Å². The Balaban J connectivity index is 0. The highest BCUT2D eigenvalue weighted by molar-refractivity contribution is 5.75. The van der Waals surface area contributed by atoms with Crippen LogP contribution in [0.2, 0.25) is 0 Å². The quantitative estimate of drug-likeness (QED) is 0.0439. The van der Waals surface area contributed by atoms with Crippen molar-refractivity contribution in [2.45, 2.75) is 59.2 Å². The van der Waals surface area contributed by atoms with Crippen LogP contribution in [0.1, 0.15) is 45.2 Å². The van der Waals surface area contributed by atoms with Crippen molar-refractivity contribution in [1.29, 1.82) is 0 Å². The minimum absolute atomic E-state index is 0.0557. The molecule has 12 nitrogen and oxygen atoms in total. The Morgan fingerprint density at radius 2 is 1.64 bits per heavy atom. The molecule has 2 unspecified atom stereocenters. The molecule has 0 spiro atoms. The molecule has 2 aromatic carbocycles. The van der Waals surface area contributed by atoms with Gasteiger partial charge in [0.15, 0.2) is 5.96 Å². The van der Waals surface area contributed by atoms with Crippen LogP contribution in [0, 0.1) is 5.92 Å². The minimum atomic E-state index is -0.420. The number of hydrogen-bond acceptors (Lipinski definition) is 9. The van der Waals surface area contributed by atoms with E-state index in [2.05, 4.69) is 48.3 Å². The molecule has 0 saturated carbocycles. The second-order valence-corrected chi connectivity index (χ2v) is 10.4. The van der Waals surface area contributed by atoms with E-state index in [-0.39, 0.29) is 18.6 Å². The Labute approximate surface area is 263 Å². The van der Waals surface area contributed by atoms with E-state index in [1.54, 1.807) is 12.1 Å². The van der Waals surface area contributed by atoms with E-state index in [9.17, 15) is 14.7 Å². The number of benzene rings is 2. The molecule has 2 aromatic rings. The van der Waals surface area contributed by atoms with Crippen LogP contribution in [0.25, 0.3) is 0 Å². The Bertz CT molecular complexity index is 990. The summed E-state index contributed by atoms with van der Waals surface area (Å²) >= 11 is 0. The first-order valence-corrected chi connectivity index (χ1v) is 14.7. The summed E-state index contributed by atoms with van der Waals surface area (Å²) < 4.78 is 0. The third kappa shape index (κ3) is 24.7. The maximum atomic E-state index is 10.6. The van der Waals surface area contributed by atoms with Gasteiger partial charge in [-0.1, -0.05) is 63.2 Å². The lowest BCUT2D eigenvalue weighted by Gasteiger charge is -2.28. The molecule has 0 aliphatic rings. The smallest absolute Gasteiger partial charge is 0.211 e. The number of nitrogens with zero attached hydrogens (tertiary/aromatic N) is 3. The number of amides is 1. The highest BCUT2D eigenvalue weighted by atomic mass is 16.7. The van der Waals surface area contributed by atoms with Crippen LogP contribution >= 0.6 is 0 Å². The van der Waals surface area contributed by atoms with E-state index in [1.165, 1.54) is 16.0 Å². The number of carbonyl (C=O) groups is 3. The molecule has 1 amide bonds. The molecule has 0 aliphatic heterocycles. The van der Waals surface area contributed by atoms with Crippen LogP contribution in [0.4, 0.5) is 0 Å². The van der Waals surface area contributed by atoms with Crippen LogP contribution < -0.4 is 22.7 Å². The van der Waals surface area contributed by atoms with E-state index >= 15 is 0 Å². The van der Waals surface area contributed by atoms with Crippen molar-refractivity contribution in [2.24, 2.45) is 28.1 Å². The van der Waals surface area contributed by atoms with Crippen molar-refractivity contribution in [3.05, 3.63) is 65.7 Å². The van der Waals surface area contributed by atoms with Crippen molar-refractivity contribution in [3.63, 3.8) is 0 Å². The van der Waals surface area contributed by atoms with Crippen LogP contribution in [0.15, 0.2) is 59.6 Å². The molecule has 0 fully saturated rings. The Kier molecular flexibility index (Phi) is 26.9. The molecule has 0 bridgehead atoms. The maximum absolute atomic E-state index is 10.6. The van der Waals surface area contributed by atoms with E-state index in [0.29, 0.717) is 30.9 Å². The number of carbonyl (C=O) groups excluding carboxylic acids is 3. The van der Waals surface area contributed by atoms with Gasteiger partial charge < -0.3 is 41.7 Å². The molecule has 0 saturated heterocycles. The number of likely N-dealkylation sites (N-methyl/N-ethyl adjacent to an activating group) is 1. The van der Waals surface area contributed by atoms with Gasteiger partial charge in [0, 0.05) is 32.6 Å². The largest absolute Gasteiger partial charge is 0.508 e. The number of aliphatic imine (C=N–C) groups is 1. The SMILES string of the molecule is C=O.CC(C)CN(C)CC(N)N(C=O)CC=O.CC(Cc1ccccc1)ONCCc1ccc(O)cc1.CCCN=C(N)N. The lowest BCUT2D eigenvalue weighted by Crippen LogP contribution is -2.49. The summed E-state index contributed by atoms with van der Waals surface area (Å²) in [5.41, 5.74) is 21.3. The van der Waals surface area contributed by atoms with Gasteiger partial charge in [0.1, 0.15) is 18.8 Å². The molecule has 0 heterocycles. The molecule has 2 atom stereocenters. The summed E-state index contributed by atoms with van der Waals surface area (Å²) in [5, 5.41) is 9.20. The van der Waals surface area contributed by atoms with Crippen LogP contribution in [0.5, 0.6) is 5.75 Å². The molecule has 0 aliphatic carbocycles. The predicted octanol–water partition coefficient (Wildman–Crippen LogP) is 2.09. The number of guanidine groups is 1. The third-order valence-corrected chi connectivity index (χ3v) is 5.64. The van der Waals surface area contributed by atoms with Crippen molar-refractivity contribution in [3.8, 4) is 5.75 Å². The van der Waals surface area contributed by atoms with Gasteiger partial charge in [-0.2, -0.15) is 0 Å². The van der Waals surface area contributed by atoms with Gasteiger partial charge in [-0.3, -0.25) is 14.6 Å². The number of aldehydes is 1. The molecule has 8 N–H and O–H groups in total. The van der Waals surface area contributed by atoms with Crippen LogP contribution in [0.3, 0.4) is 0 Å². The fourth-order valence-electron chi connectivity index (χ4n) is 3.75. The first-order valence-electron chi connectivity index (χ1n) is 14.7. The second kappa shape index (κ2) is 28.0. The number of nitrogens with two attached hydrogens (primary N) is 3. The molecule has 44 heavy (non-hydrogen) atoms. The number of rotatable bonds is 17. The zero-order valence-corrected chi connectivity index (χ0v) is 27.1. The zero-order valence-electron chi connectivity index (χ0n) is 27.1. The number of aromatic hydroxyl groups is 1. The molecule has 2 rings (SSSR count). The average Bonchev–Trinajstić information content (AvgIpc) is 2.99. The number of nitrogens with one attached hydrogen (secondary N) is 1. The first-order chi connectivity index (χ1) is 21.0. The molecule has 248 valence electrons. The number of hydroxylamine groups is 1. The van der Waals surface area contributed by atoms with Crippen LogP contribution in [-0.2, 0) is 32.1 Å². The standard InChI is InChI=1S/C17H21NO2.C10H21N3O2.C4H11N3.CH2O/c1-14(13-16-5-3-2-4-6-16)20-18-12-11-15-7-9-17(19)10-8-15;1-9(2)6-12(3)7-10(11)13(8-15)4-5-14;1-2-3-7-4(5)6;1-2/h2-10,14,18-19H,11-13H2,1H3;5,8-10H,4,6-7,11H2,1-3H3;2-3H2,1H3,(H4,5,6,7);1H2. The topological polar surface area (TPSA) is 190 Å². The monoisotopic (exact) mass is 617 g/mol. The highest BCUT2D eigenvalue weighted by Crippen LogP contribution is 2.10. The van der Waals surface area contributed by atoms with E-state index < -0.39 is 6.17 Å². The maximum Gasteiger partial charge on any atom is 0.211 e. The van der Waals surface area contributed by atoms with Gasteiger partial charge in [-0.15, -0.1) is 0 Å². The summed E-state index contributed by atoms with van der Waals surface area (Å²) in [6.45, 7) is 13.3. The lowest BCUT2D eigenvalue weighted by molar-refractivity contribution is -0.124. The fourth-order valence-corrected chi connectivity index (χ4v) is 3.75. The highest BCUT2D eigenvalue weighted by Gasteiger charge is 2.14. The van der Waals surface area contributed by atoms with Crippen molar-refractivity contribution in [1.82, 2.24) is 15.3 Å². The summed E-state index contributed by atoms with van der Waals surface area (Å²) in [6.07, 6.45) is 3.77. The van der Waals surface area contributed by atoms with Gasteiger partial charge in [0.25, 0.3) is 0 Å².